The average molecular weight is 295 g/mol. The van der Waals surface area contributed by atoms with E-state index in [9.17, 15) is 0 Å². The molecule has 0 amide bonds. The molecule has 0 aliphatic carbocycles. The van der Waals surface area contributed by atoms with E-state index in [0.717, 1.165) is 49.0 Å². The van der Waals surface area contributed by atoms with Crippen LogP contribution in [0.15, 0.2) is 28.7 Å². The van der Waals surface area contributed by atoms with Crippen molar-refractivity contribution in [2.75, 3.05) is 6.61 Å². The van der Waals surface area contributed by atoms with Crippen LogP contribution in [0.4, 0.5) is 0 Å². The van der Waals surface area contributed by atoms with Crippen molar-refractivity contribution in [2.45, 2.75) is 37.8 Å². The molecule has 108 valence electrons. The molecule has 0 spiro atoms. The van der Waals surface area contributed by atoms with Crippen LogP contribution in [0.25, 0.3) is 11.0 Å². The predicted molar refractivity (Wildman–Crippen MR) is 79.5 cm³/mol. The van der Waals surface area contributed by atoms with E-state index >= 15 is 0 Å². The standard InChI is InChI=1S/C15H19ClN2O2/c16-11-3-6-14-10(8-11)9-15(20-14)13(18-17)5-4-12-2-1-7-19-12/h3,6,8-9,12-13,18H,1-2,4-5,7,17H2. The van der Waals surface area contributed by atoms with Crippen LogP contribution in [0, 0.1) is 0 Å². The molecule has 5 heteroatoms. The number of hydrogen-bond acceptors (Lipinski definition) is 4. The van der Waals surface area contributed by atoms with E-state index in [2.05, 4.69) is 5.43 Å². The lowest BCUT2D eigenvalue weighted by Gasteiger charge is -2.15. The highest BCUT2D eigenvalue weighted by Crippen LogP contribution is 2.29. The second-order valence-electron chi connectivity index (χ2n) is 5.26. The average Bonchev–Trinajstić information content (AvgIpc) is 3.08. The summed E-state index contributed by atoms with van der Waals surface area (Å²) < 4.78 is 11.5. The Labute approximate surface area is 123 Å². The van der Waals surface area contributed by atoms with Gasteiger partial charge in [0.25, 0.3) is 0 Å². The van der Waals surface area contributed by atoms with Crippen molar-refractivity contribution in [2.24, 2.45) is 5.84 Å². The van der Waals surface area contributed by atoms with Gasteiger partial charge in [0.1, 0.15) is 11.3 Å². The van der Waals surface area contributed by atoms with Crippen molar-refractivity contribution in [1.29, 1.82) is 0 Å². The highest BCUT2D eigenvalue weighted by molar-refractivity contribution is 6.31. The topological polar surface area (TPSA) is 60.4 Å². The summed E-state index contributed by atoms with van der Waals surface area (Å²) in [5, 5.41) is 1.71. The zero-order chi connectivity index (χ0) is 13.9. The first-order chi connectivity index (χ1) is 9.76. The first-order valence-corrected chi connectivity index (χ1v) is 7.41. The lowest BCUT2D eigenvalue weighted by Crippen LogP contribution is -2.28. The van der Waals surface area contributed by atoms with Gasteiger partial charge < -0.3 is 9.15 Å². The van der Waals surface area contributed by atoms with Gasteiger partial charge in [-0.25, -0.2) is 5.43 Å². The number of furan rings is 1. The minimum Gasteiger partial charge on any atom is -0.459 e. The van der Waals surface area contributed by atoms with Gasteiger partial charge in [-0.05, 0) is 49.9 Å². The van der Waals surface area contributed by atoms with Crippen molar-refractivity contribution < 1.29 is 9.15 Å². The Morgan fingerprint density at radius 3 is 3.05 bits per heavy atom. The number of nitrogens with two attached hydrogens (primary N) is 1. The van der Waals surface area contributed by atoms with Gasteiger partial charge in [0, 0.05) is 17.0 Å². The zero-order valence-corrected chi connectivity index (χ0v) is 12.0. The van der Waals surface area contributed by atoms with Crippen LogP contribution in [0.3, 0.4) is 0 Å². The summed E-state index contributed by atoms with van der Waals surface area (Å²) in [6.45, 7) is 0.883. The van der Waals surface area contributed by atoms with E-state index in [1.165, 1.54) is 0 Å². The summed E-state index contributed by atoms with van der Waals surface area (Å²) in [4.78, 5) is 0. The number of hydrazine groups is 1. The molecule has 1 aliphatic heterocycles. The fraction of sp³-hybridized carbons (Fsp3) is 0.467. The lowest BCUT2D eigenvalue weighted by atomic mass is 10.0. The third kappa shape index (κ3) is 2.99. The number of benzene rings is 1. The van der Waals surface area contributed by atoms with Crippen LogP contribution < -0.4 is 11.3 Å². The second-order valence-corrected chi connectivity index (χ2v) is 5.70. The van der Waals surface area contributed by atoms with Gasteiger partial charge in [-0.3, -0.25) is 5.84 Å². The van der Waals surface area contributed by atoms with Gasteiger partial charge in [0.2, 0.25) is 0 Å². The normalized spacial score (nSPS) is 20.6. The molecule has 2 atom stereocenters. The monoisotopic (exact) mass is 294 g/mol. The molecule has 1 aliphatic rings. The maximum Gasteiger partial charge on any atom is 0.134 e. The van der Waals surface area contributed by atoms with E-state index < -0.39 is 0 Å². The molecule has 2 aromatic rings. The van der Waals surface area contributed by atoms with Gasteiger partial charge in [-0.15, -0.1) is 0 Å². The number of ether oxygens (including phenoxy) is 1. The maximum atomic E-state index is 5.99. The van der Waals surface area contributed by atoms with Crippen LogP contribution in [0.2, 0.25) is 5.02 Å². The Bertz CT molecular complexity index is 578. The Kier molecular flexibility index (Phi) is 4.27. The van der Waals surface area contributed by atoms with E-state index in [1.54, 1.807) is 0 Å². The van der Waals surface area contributed by atoms with Crippen LogP contribution in [0.1, 0.15) is 37.5 Å². The predicted octanol–water partition coefficient (Wildman–Crippen LogP) is 3.55. The highest BCUT2D eigenvalue weighted by atomic mass is 35.5. The molecule has 0 saturated carbocycles. The third-order valence-corrected chi connectivity index (χ3v) is 4.08. The summed E-state index contributed by atoms with van der Waals surface area (Å²) in [7, 11) is 0. The molecule has 1 aromatic heterocycles. The number of rotatable bonds is 5. The summed E-state index contributed by atoms with van der Waals surface area (Å²) in [5.41, 5.74) is 3.67. The summed E-state index contributed by atoms with van der Waals surface area (Å²) in [6.07, 6.45) is 4.56. The molecule has 2 unspecified atom stereocenters. The van der Waals surface area contributed by atoms with Gasteiger partial charge in [-0.1, -0.05) is 11.6 Å². The molecule has 1 saturated heterocycles. The van der Waals surface area contributed by atoms with Gasteiger partial charge in [-0.2, -0.15) is 0 Å². The van der Waals surface area contributed by atoms with E-state index in [4.69, 9.17) is 26.6 Å². The minimum absolute atomic E-state index is 0.00498. The molecule has 0 radical (unpaired) electrons. The highest BCUT2D eigenvalue weighted by Gasteiger charge is 2.20. The van der Waals surface area contributed by atoms with Crippen molar-refractivity contribution in [3.05, 3.63) is 35.0 Å². The lowest BCUT2D eigenvalue weighted by molar-refractivity contribution is 0.0989. The van der Waals surface area contributed by atoms with E-state index in [1.807, 2.05) is 24.3 Å². The van der Waals surface area contributed by atoms with Crippen LogP contribution in [-0.4, -0.2) is 12.7 Å². The Morgan fingerprint density at radius 1 is 1.40 bits per heavy atom. The Balaban J connectivity index is 1.72. The number of fused-ring (bicyclic) bond motifs is 1. The van der Waals surface area contributed by atoms with Crippen LogP contribution >= 0.6 is 11.6 Å². The largest absolute Gasteiger partial charge is 0.459 e. The third-order valence-electron chi connectivity index (χ3n) is 3.84. The van der Waals surface area contributed by atoms with Gasteiger partial charge in [0.15, 0.2) is 0 Å². The first-order valence-electron chi connectivity index (χ1n) is 7.03. The van der Waals surface area contributed by atoms with Gasteiger partial charge >= 0.3 is 0 Å². The van der Waals surface area contributed by atoms with E-state index in [0.29, 0.717) is 11.1 Å². The minimum atomic E-state index is 0.00498. The summed E-state index contributed by atoms with van der Waals surface area (Å²) in [5.74, 6) is 6.51. The molecule has 2 heterocycles. The molecular formula is C15H19ClN2O2. The molecule has 20 heavy (non-hydrogen) atoms. The number of hydrogen-bond donors (Lipinski definition) is 2. The SMILES string of the molecule is NNC(CCC1CCCO1)c1cc2cc(Cl)ccc2o1. The van der Waals surface area contributed by atoms with Crippen molar-refractivity contribution >= 4 is 22.6 Å². The first kappa shape index (κ1) is 13.9. The van der Waals surface area contributed by atoms with E-state index in [-0.39, 0.29) is 6.04 Å². The summed E-state index contributed by atoms with van der Waals surface area (Å²) in [6, 6.07) is 7.62. The molecular weight excluding hydrogens is 276 g/mol. The smallest absolute Gasteiger partial charge is 0.134 e. The number of halogens is 1. The van der Waals surface area contributed by atoms with Crippen LogP contribution in [0.5, 0.6) is 0 Å². The molecule has 1 aromatic carbocycles. The fourth-order valence-electron chi connectivity index (χ4n) is 2.74. The molecule has 4 nitrogen and oxygen atoms in total. The molecule has 0 bridgehead atoms. The second kappa shape index (κ2) is 6.14. The van der Waals surface area contributed by atoms with Crippen molar-refractivity contribution in [1.82, 2.24) is 5.43 Å². The van der Waals surface area contributed by atoms with Crippen LogP contribution in [-0.2, 0) is 4.74 Å². The maximum absolute atomic E-state index is 5.99. The van der Waals surface area contributed by atoms with Gasteiger partial charge in [0.05, 0.1) is 12.1 Å². The fourth-order valence-corrected chi connectivity index (χ4v) is 2.92. The Morgan fingerprint density at radius 2 is 2.30 bits per heavy atom. The molecule has 3 rings (SSSR count). The number of nitrogens with one attached hydrogen (secondary N) is 1. The zero-order valence-electron chi connectivity index (χ0n) is 11.3. The molecule has 3 N–H and O–H groups in total. The van der Waals surface area contributed by atoms with Crippen molar-refractivity contribution in [3.63, 3.8) is 0 Å². The summed E-state index contributed by atoms with van der Waals surface area (Å²) >= 11 is 5.99. The molecule has 1 fully saturated rings. The van der Waals surface area contributed by atoms with Crippen molar-refractivity contribution in [3.8, 4) is 0 Å². The quantitative estimate of drug-likeness (QED) is 0.654. The Hall–Kier alpha value is -1.07.